The van der Waals surface area contributed by atoms with Crippen molar-refractivity contribution in [3.05, 3.63) is 136 Å². The maximum atomic E-state index is 13.6. The SMILES string of the molecule is N#CC(C#N)=C1C2=C(N=C3C(=C(C#N)C#N)c4cc(-c5ccc(F)cc5)ccc4C3N2)c2ccc(-c3ccc(F)cc3)cc21. The van der Waals surface area contributed by atoms with E-state index in [0.29, 0.717) is 44.9 Å². The Kier molecular flexibility index (Phi) is 6.00. The van der Waals surface area contributed by atoms with E-state index < -0.39 is 6.04 Å². The van der Waals surface area contributed by atoms with Gasteiger partial charge in [-0.05, 0) is 75.3 Å². The normalized spacial score (nSPS) is 15.3. The van der Waals surface area contributed by atoms with Gasteiger partial charge in [0.25, 0.3) is 0 Å². The third-order valence-electron chi connectivity index (χ3n) is 8.02. The molecule has 0 radical (unpaired) electrons. The van der Waals surface area contributed by atoms with Gasteiger partial charge in [0.2, 0.25) is 0 Å². The number of halogens is 2. The van der Waals surface area contributed by atoms with Gasteiger partial charge >= 0.3 is 0 Å². The zero-order valence-electron chi connectivity index (χ0n) is 22.7. The summed E-state index contributed by atoms with van der Waals surface area (Å²) in [4.78, 5) is 5.01. The van der Waals surface area contributed by atoms with Crippen LogP contribution >= 0.6 is 0 Å². The van der Waals surface area contributed by atoms with Gasteiger partial charge in [-0.3, -0.25) is 0 Å². The molecule has 0 saturated carbocycles. The van der Waals surface area contributed by atoms with Crippen molar-refractivity contribution in [2.45, 2.75) is 6.04 Å². The topological polar surface area (TPSA) is 120 Å². The van der Waals surface area contributed by atoms with Gasteiger partial charge in [-0.1, -0.05) is 48.5 Å². The molecule has 1 atom stereocenters. The molecule has 8 heteroatoms. The molecule has 0 fully saturated rings. The Balaban J connectivity index is 1.43. The molecule has 0 aromatic heterocycles. The molecule has 0 saturated heterocycles. The highest BCUT2D eigenvalue weighted by atomic mass is 19.1. The minimum Gasteiger partial charge on any atom is -0.370 e. The second-order valence-electron chi connectivity index (χ2n) is 10.3. The summed E-state index contributed by atoms with van der Waals surface area (Å²) in [7, 11) is 0. The molecule has 2 aliphatic carbocycles. The van der Waals surface area contributed by atoms with E-state index in [9.17, 15) is 29.8 Å². The number of nitrogens with one attached hydrogen (secondary N) is 1. The van der Waals surface area contributed by atoms with Crippen molar-refractivity contribution in [3.63, 3.8) is 0 Å². The summed E-state index contributed by atoms with van der Waals surface area (Å²) >= 11 is 0. The predicted octanol–water partition coefficient (Wildman–Crippen LogP) is 7.38. The van der Waals surface area contributed by atoms with Crippen LogP contribution in [0.3, 0.4) is 0 Å². The molecule has 6 nitrogen and oxygen atoms in total. The van der Waals surface area contributed by atoms with Gasteiger partial charge in [0.05, 0.1) is 23.1 Å². The van der Waals surface area contributed by atoms with Crippen LogP contribution in [0.4, 0.5) is 8.78 Å². The van der Waals surface area contributed by atoms with Crippen LogP contribution in [-0.4, -0.2) is 5.71 Å². The molecule has 1 heterocycles. The lowest BCUT2D eigenvalue weighted by Gasteiger charge is -2.23. The molecule has 0 bridgehead atoms. The van der Waals surface area contributed by atoms with Crippen molar-refractivity contribution >= 4 is 22.6 Å². The molecule has 7 rings (SSSR count). The molecule has 4 aromatic carbocycles. The first-order chi connectivity index (χ1) is 21.4. The van der Waals surface area contributed by atoms with Gasteiger partial charge in [-0.15, -0.1) is 0 Å². The van der Waals surface area contributed by atoms with E-state index in [-0.39, 0.29) is 22.8 Å². The van der Waals surface area contributed by atoms with Crippen molar-refractivity contribution in [2.24, 2.45) is 4.99 Å². The molecular formula is C36H16F2N6. The molecule has 1 aliphatic heterocycles. The molecule has 204 valence electrons. The maximum absolute atomic E-state index is 13.6. The number of nitriles is 4. The highest BCUT2D eigenvalue weighted by Crippen LogP contribution is 2.51. The van der Waals surface area contributed by atoms with E-state index >= 15 is 0 Å². The molecule has 1 N–H and O–H groups in total. The molecule has 4 aromatic rings. The number of allylic oxidation sites excluding steroid dienone is 3. The number of hydrogen-bond donors (Lipinski definition) is 1. The first kappa shape index (κ1) is 26.3. The minimum absolute atomic E-state index is 0.103. The van der Waals surface area contributed by atoms with Crippen molar-refractivity contribution in [1.29, 1.82) is 21.0 Å². The van der Waals surface area contributed by atoms with Gasteiger partial charge in [-0.2, -0.15) is 21.0 Å². The van der Waals surface area contributed by atoms with Crippen molar-refractivity contribution < 1.29 is 8.78 Å². The quantitative estimate of drug-likeness (QED) is 0.252. The average Bonchev–Trinajstić information content (AvgIpc) is 3.53. The van der Waals surface area contributed by atoms with Crippen molar-refractivity contribution in [3.8, 4) is 46.5 Å². The van der Waals surface area contributed by atoms with Crippen molar-refractivity contribution in [1.82, 2.24) is 5.32 Å². The molecule has 44 heavy (non-hydrogen) atoms. The van der Waals surface area contributed by atoms with Gasteiger partial charge in [-0.25, -0.2) is 13.8 Å². The Bertz CT molecular complexity index is 2210. The molecule has 0 spiro atoms. The van der Waals surface area contributed by atoms with E-state index in [1.165, 1.54) is 24.3 Å². The fourth-order valence-electron chi connectivity index (χ4n) is 6.03. The Morgan fingerprint density at radius 3 is 1.66 bits per heavy atom. The number of benzene rings is 4. The Morgan fingerprint density at radius 1 is 0.591 bits per heavy atom. The van der Waals surface area contributed by atoms with Gasteiger partial charge < -0.3 is 5.32 Å². The van der Waals surface area contributed by atoms with Crippen molar-refractivity contribution in [2.75, 3.05) is 0 Å². The summed E-state index contributed by atoms with van der Waals surface area (Å²) in [6, 6.07) is 30.7. The third-order valence-corrected chi connectivity index (χ3v) is 8.02. The minimum atomic E-state index is -0.572. The monoisotopic (exact) mass is 570 g/mol. The lowest BCUT2D eigenvalue weighted by Crippen LogP contribution is -2.28. The van der Waals surface area contributed by atoms with E-state index in [0.717, 1.165) is 27.8 Å². The summed E-state index contributed by atoms with van der Waals surface area (Å²) < 4.78 is 27.2. The molecular weight excluding hydrogens is 554 g/mol. The average molecular weight is 571 g/mol. The number of rotatable bonds is 2. The van der Waals surface area contributed by atoms with Crippen LogP contribution in [0.15, 0.2) is 107 Å². The second-order valence-corrected chi connectivity index (χ2v) is 10.3. The standard InChI is InChI=1S/C36H16F2N6/c37-25-7-1-19(2-8-25)21-5-11-27-29(13-21)31(23(15-39)16-40)35-33(27)43-36-32(24(17-41)18-42)30-14-22(6-12-28(30)34(36)44-35)20-3-9-26(38)10-4-20/h1-14,33,43H. The van der Waals surface area contributed by atoms with Crippen LogP contribution in [0.5, 0.6) is 0 Å². The van der Waals surface area contributed by atoms with Crippen LogP contribution in [0, 0.1) is 57.0 Å². The Hall–Kier alpha value is -6.61. The fourth-order valence-corrected chi connectivity index (χ4v) is 6.03. The highest BCUT2D eigenvalue weighted by Gasteiger charge is 2.42. The van der Waals surface area contributed by atoms with E-state index in [1.54, 1.807) is 24.3 Å². The smallest absolute Gasteiger partial charge is 0.139 e. The summed E-state index contributed by atoms with van der Waals surface area (Å²) in [6.45, 7) is 0. The zero-order chi connectivity index (χ0) is 30.5. The lowest BCUT2D eigenvalue weighted by atomic mass is 9.95. The fraction of sp³-hybridized carbons (Fsp3) is 0.0278. The van der Waals surface area contributed by atoms with Gasteiger partial charge in [0.1, 0.15) is 47.1 Å². The van der Waals surface area contributed by atoms with E-state index in [4.69, 9.17) is 4.99 Å². The molecule has 1 unspecified atom stereocenters. The summed E-state index contributed by atoms with van der Waals surface area (Å²) in [5.74, 6) is -0.724. The third kappa shape index (κ3) is 3.92. The van der Waals surface area contributed by atoms with E-state index in [1.807, 2.05) is 60.7 Å². The summed E-state index contributed by atoms with van der Waals surface area (Å²) in [5.41, 5.74) is 7.76. The number of aliphatic imine (C=N–C) groups is 1. The lowest BCUT2D eigenvalue weighted by molar-refractivity contribution is 0.627. The van der Waals surface area contributed by atoms with Gasteiger partial charge in [0.15, 0.2) is 0 Å². The highest BCUT2D eigenvalue weighted by molar-refractivity contribution is 6.34. The summed E-state index contributed by atoms with van der Waals surface area (Å²) in [6.07, 6.45) is 0. The number of nitrogens with zero attached hydrogens (tertiary/aromatic N) is 5. The predicted molar refractivity (Wildman–Crippen MR) is 160 cm³/mol. The molecule has 3 aliphatic rings. The number of hydrogen-bond acceptors (Lipinski definition) is 6. The Labute approximate surface area is 250 Å². The first-order valence-corrected chi connectivity index (χ1v) is 13.5. The van der Waals surface area contributed by atoms with Gasteiger partial charge in [0, 0.05) is 16.7 Å². The second kappa shape index (κ2) is 10.0. The van der Waals surface area contributed by atoms with Crippen LogP contribution in [0.25, 0.3) is 39.1 Å². The maximum Gasteiger partial charge on any atom is 0.139 e. The first-order valence-electron chi connectivity index (χ1n) is 13.5. The summed E-state index contributed by atoms with van der Waals surface area (Å²) in [5, 5.41) is 43.2. The largest absolute Gasteiger partial charge is 0.370 e. The Morgan fingerprint density at radius 2 is 1.09 bits per heavy atom. The molecule has 0 amide bonds. The van der Waals surface area contributed by atoms with Crippen LogP contribution in [0.2, 0.25) is 0 Å². The number of fused-ring (bicyclic) bond motifs is 5. The van der Waals surface area contributed by atoms with Crippen LogP contribution in [-0.2, 0) is 0 Å². The van der Waals surface area contributed by atoms with E-state index in [2.05, 4.69) is 5.32 Å². The van der Waals surface area contributed by atoms with Crippen LogP contribution < -0.4 is 5.32 Å². The zero-order valence-corrected chi connectivity index (χ0v) is 22.7. The van der Waals surface area contributed by atoms with Crippen LogP contribution in [0.1, 0.15) is 28.3 Å².